The number of amides is 2. The van der Waals surface area contributed by atoms with Gasteiger partial charge in [0.15, 0.2) is 0 Å². The van der Waals surface area contributed by atoms with E-state index >= 15 is 0 Å². The van der Waals surface area contributed by atoms with Crippen LogP contribution in [-0.4, -0.2) is 52.8 Å². The van der Waals surface area contributed by atoms with Gasteiger partial charge in [-0.3, -0.25) is 19.5 Å². The number of hydrogen-bond donors (Lipinski definition) is 1. The van der Waals surface area contributed by atoms with E-state index in [2.05, 4.69) is 15.2 Å². The molecule has 2 aromatic heterocycles. The Hall–Kier alpha value is -2.45. The van der Waals surface area contributed by atoms with E-state index in [1.165, 1.54) is 11.3 Å². The summed E-state index contributed by atoms with van der Waals surface area (Å²) in [5.41, 5.74) is 1.30. The Bertz CT molecular complexity index is 1100. The van der Waals surface area contributed by atoms with E-state index in [4.69, 9.17) is 23.2 Å². The molecule has 3 heterocycles. The van der Waals surface area contributed by atoms with Crippen LogP contribution in [0.5, 0.6) is 0 Å². The van der Waals surface area contributed by atoms with E-state index in [0.717, 1.165) is 30.1 Å². The fourth-order valence-electron chi connectivity index (χ4n) is 3.49. The lowest BCUT2D eigenvalue weighted by atomic mass is 10.2. The minimum Gasteiger partial charge on any atom is -0.347 e. The van der Waals surface area contributed by atoms with Gasteiger partial charge in [0.2, 0.25) is 0 Å². The van der Waals surface area contributed by atoms with Crippen LogP contribution >= 0.6 is 34.5 Å². The Morgan fingerprint density at radius 1 is 1.03 bits per heavy atom. The summed E-state index contributed by atoms with van der Waals surface area (Å²) in [6, 6.07) is 14.4. The molecule has 0 aliphatic carbocycles. The summed E-state index contributed by atoms with van der Waals surface area (Å²) in [6.45, 7) is 3.99. The summed E-state index contributed by atoms with van der Waals surface area (Å²) in [5.74, 6) is -0.154. The lowest BCUT2D eigenvalue weighted by Crippen LogP contribution is -2.48. The van der Waals surface area contributed by atoms with Gasteiger partial charge in [0, 0.05) is 60.4 Å². The second-order valence-electron chi connectivity index (χ2n) is 7.47. The molecule has 9 heteroatoms. The van der Waals surface area contributed by atoms with Crippen molar-refractivity contribution in [1.29, 1.82) is 0 Å². The molecule has 4 rings (SSSR count). The van der Waals surface area contributed by atoms with Crippen molar-refractivity contribution in [1.82, 2.24) is 20.1 Å². The zero-order valence-corrected chi connectivity index (χ0v) is 19.6. The van der Waals surface area contributed by atoms with Crippen molar-refractivity contribution in [3.8, 4) is 0 Å². The van der Waals surface area contributed by atoms with Crippen LogP contribution in [0.25, 0.3) is 0 Å². The van der Waals surface area contributed by atoms with Gasteiger partial charge >= 0.3 is 0 Å². The van der Waals surface area contributed by atoms with Crippen molar-refractivity contribution in [3.63, 3.8) is 0 Å². The molecule has 0 bridgehead atoms. The average molecular weight is 489 g/mol. The van der Waals surface area contributed by atoms with E-state index in [1.54, 1.807) is 30.5 Å². The zero-order chi connectivity index (χ0) is 22.5. The van der Waals surface area contributed by atoms with Crippen molar-refractivity contribution in [2.45, 2.75) is 13.1 Å². The van der Waals surface area contributed by atoms with E-state index in [-0.39, 0.29) is 11.8 Å². The van der Waals surface area contributed by atoms with E-state index in [9.17, 15) is 9.59 Å². The molecule has 1 aromatic carbocycles. The van der Waals surface area contributed by atoms with Gasteiger partial charge in [-0.25, -0.2) is 0 Å². The molecule has 32 heavy (non-hydrogen) atoms. The summed E-state index contributed by atoms with van der Waals surface area (Å²) in [5, 5.41) is 4.00. The van der Waals surface area contributed by atoms with Crippen molar-refractivity contribution < 1.29 is 9.59 Å². The Balaban J connectivity index is 1.26. The minimum atomic E-state index is -0.127. The number of nitrogens with zero attached hydrogens (tertiary/aromatic N) is 3. The molecule has 1 N–H and O–H groups in total. The van der Waals surface area contributed by atoms with Crippen LogP contribution in [0.4, 0.5) is 0 Å². The molecule has 1 saturated heterocycles. The standard InChI is InChI=1S/C23H22Cl2N4O2S/c24-17-5-4-16(19(25)13-17)14-27-22(30)21-7-6-18(32-21)15-28-9-11-29(12-10-28)23(31)20-3-1-2-8-26-20/h1-8,13H,9-12,14-15H2,(H,27,30). The Labute approximate surface area is 200 Å². The highest BCUT2D eigenvalue weighted by atomic mass is 35.5. The molecule has 1 fully saturated rings. The third-order valence-corrected chi connectivity index (χ3v) is 6.92. The lowest BCUT2D eigenvalue weighted by molar-refractivity contribution is 0.0623. The maximum atomic E-state index is 12.5. The van der Waals surface area contributed by atoms with Crippen LogP contribution in [0.1, 0.15) is 30.6 Å². The summed E-state index contributed by atoms with van der Waals surface area (Å²) in [7, 11) is 0. The molecule has 1 aliphatic heterocycles. The second kappa shape index (κ2) is 10.4. The first-order chi connectivity index (χ1) is 15.5. The lowest BCUT2D eigenvalue weighted by Gasteiger charge is -2.34. The van der Waals surface area contributed by atoms with Gasteiger partial charge < -0.3 is 10.2 Å². The molecule has 0 spiro atoms. The van der Waals surface area contributed by atoms with Gasteiger partial charge in [-0.05, 0) is 42.0 Å². The number of aromatic nitrogens is 1. The van der Waals surface area contributed by atoms with E-state index in [0.29, 0.717) is 40.3 Å². The third-order valence-electron chi connectivity index (χ3n) is 5.26. The molecule has 0 saturated carbocycles. The van der Waals surface area contributed by atoms with Gasteiger partial charge in [0.1, 0.15) is 5.69 Å². The Morgan fingerprint density at radius 2 is 1.84 bits per heavy atom. The second-order valence-corrected chi connectivity index (χ2v) is 9.48. The van der Waals surface area contributed by atoms with E-state index < -0.39 is 0 Å². The monoisotopic (exact) mass is 488 g/mol. The minimum absolute atomic E-state index is 0.0267. The van der Waals surface area contributed by atoms with Gasteiger partial charge in [0.05, 0.1) is 4.88 Å². The average Bonchev–Trinajstić information content (AvgIpc) is 3.27. The SMILES string of the molecule is O=C(NCc1ccc(Cl)cc1Cl)c1ccc(CN2CCN(C(=O)c3ccccn3)CC2)s1. The van der Waals surface area contributed by atoms with Gasteiger partial charge in [-0.2, -0.15) is 0 Å². The highest BCUT2D eigenvalue weighted by Crippen LogP contribution is 2.22. The maximum absolute atomic E-state index is 12.5. The maximum Gasteiger partial charge on any atom is 0.272 e. The van der Waals surface area contributed by atoms with Crippen molar-refractivity contribution >= 4 is 46.4 Å². The van der Waals surface area contributed by atoms with Crippen LogP contribution < -0.4 is 5.32 Å². The molecule has 0 atom stereocenters. The van der Waals surface area contributed by atoms with Crippen molar-refractivity contribution in [2.24, 2.45) is 0 Å². The van der Waals surface area contributed by atoms with Crippen LogP contribution in [0.2, 0.25) is 10.0 Å². The topological polar surface area (TPSA) is 65.5 Å². The molecule has 3 aromatic rings. The normalized spacial score (nSPS) is 14.4. The van der Waals surface area contributed by atoms with Crippen LogP contribution in [0.3, 0.4) is 0 Å². The largest absolute Gasteiger partial charge is 0.347 e. The number of carbonyl (C=O) groups is 2. The number of pyridine rings is 1. The number of rotatable bonds is 6. The van der Waals surface area contributed by atoms with Crippen LogP contribution in [-0.2, 0) is 13.1 Å². The number of halogens is 2. The number of benzene rings is 1. The van der Waals surface area contributed by atoms with Crippen LogP contribution in [0, 0.1) is 0 Å². The summed E-state index contributed by atoms with van der Waals surface area (Å²) in [4.78, 5) is 35.1. The molecule has 166 valence electrons. The molecule has 1 aliphatic rings. The Morgan fingerprint density at radius 3 is 2.56 bits per heavy atom. The number of carbonyl (C=O) groups excluding carboxylic acids is 2. The predicted molar refractivity (Wildman–Crippen MR) is 127 cm³/mol. The number of piperazine rings is 1. The molecule has 0 unspecified atom stereocenters. The predicted octanol–water partition coefficient (Wildman–Crippen LogP) is 4.34. The van der Waals surface area contributed by atoms with Gasteiger partial charge in [-0.1, -0.05) is 35.3 Å². The molecular weight excluding hydrogens is 467 g/mol. The number of thiophene rings is 1. The number of nitrogens with one attached hydrogen (secondary N) is 1. The summed E-state index contributed by atoms with van der Waals surface area (Å²) < 4.78 is 0. The molecular formula is C23H22Cl2N4O2S. The van der Waals surface area contributed by atoms with Gasteiger partial charge in [-0.15, -0.1) is 11.3 Å². The van der Waals surface area contributed by atoms with E-state index in [1.807, 2.05) is 29.2 Å². The van der Waals surface area contributed by atoms with Crippen molar-refractivity contribution in [2.75, 3.05) is 26.2 Å². The first-order valence-electron chi connectivity index (χ1n) is 10.2. The quantitative estimate of drug-likeness (QED) is 0.560. The van der Waals surface area contributed by atoms with Crippen LogP contribution in [0.15, 0.2) is 54.7 Å². The van der Waals surface area contributed by atoms with Crippen molar-refractivity contribution in [3.05, 3.63) is 85.8 Å². The molecule has 6 nitrogen and oxygen atoms in total. The smallest absolute Gasteiger partial charge is 0.272 e. The molecule has 0 radical (unpaired) electrons. The highest BCUT2D eigenvalue weighted by molar-refractivity contribution is 7.14. The summed E-state index contributed by atoms with van der Waals surface area (Å²) in [6.07, 6.45) is 1.64. The number of hydrogen-bond acceptors (Lipinski definition) is 5. The third kappa shape index (κ3) is 5.66. The van der Waals surface area contributed by atoms with Gasteiger partial charge in [0.25, 0.3) is 11.8 Å². The highest BCUT2D eigenvalue weighted by Gasteiger charge is 2.23. The summed E-state index contributed by atoms with van der Waals surface area (Å²) >= 11 is 13.6. The fraction of sp³-hybridized carbons (Fsp3) is 0.261. The molecule has 2 amide bonds. The zero-order valence-electron chi connectivity index (χ0n) is 17.3. The first-order valence-corrected chi connectivity index (χ1v) is 11.8. The fourth-order valence-corrected chi connectivity index (χ4v) is 4.94. The first kappa shape index (κ1) is 22.7. The Kier molecular flexibility index (Phi) is 7.42.